The van der Waals surface area contributed by atoms with Gasteiger partial charge < -0.3 is 20.3 Å². The van der Waals surface area contributed by atoms with E-state index in [0.29, 0.717) is 18.1 Å². The predicted molar refractivity (Wildman–Crippen MR) is 72.0 cm³/mol. The zero-order chi connectivity index (χ0) is 13.4. The van der Waals surface area contributed by atoms with Crippen LogP contribution in [-0.2, 0) is 0 Å². The molecule has 4 heteroatoms. The first kappa shape index (κ1) is 14.8. The smallest absolute Gasteiger partial charge is 0.161 e. The van der Waals surface area contributed by atoms with E-state index in [2.05, 4.69) is 6.92 Å². The van der Waals surface area contributed by atoms with Gasteiger partial charge in [0.05, 0.1) is 13.2 Å². The molecule has 0 saturated carbocycles. The lowest BCUT2D eigenvalue weighted by Gasteiger charge is -2.24. The topological polar surface area (TPSA) is 64.7 Å². The Morgan fingerprint density at radius 2 is 1.89 bits per heavy atom. The first-order valence-electron chi connectivity index (χ1n) is 6.47. The lowest BCUT2D eigenvalue weighted by atomic mass is 10.1. The second-order valence-corrected chi connectivity index (χ2v) is 4.17. The van der Waals surface area contributed by atoms with Gasteiger partial charge in [-0.05, 0) is 25.5 Å². The van der Waals surface area contributed by atoms with Crippen molar-refractivity contribution < 1.29 is 14.6 Å². The van der Waals surface area contributed by atoms with Crippen LogP contribution in [0.2, 0.25) is 0 Å². The highest BCUT2D eigenvalue weighted by Gasteiger charge is 2.19. The molecule has 2 atom stereocenters. The summed E-state index contributed by atoms with van der Waals surface area (Å²) < 4.78 is 11.2. The van der Waals surface area contributed by atoms with Gasteiger partial charge in [-0.3, -0.25) is 0 Å². The highest BCUT2D eigenvalue weighted by Crippen LogP contribution is 2.27. The standard InChI is InChI=1S/C14H23NO3/c1-3-7-11(15)14(10-16)18-13-9-6-5-8-12(13)17-4-2/h5-6,8-9,11,14,16H,3-4,7,10,15H2,1-2H3. The maximum atomic E-state index is 9.36. The lowest BCUT2D eigenvalue weighted by molar-refractivity contribution is 0.0883. The van der Waals surface area contributed by atoms with E-state index in [0.717, 1.165) is 12.8 Å². The van der Waals surface area contributed by atoms with E-state index < -0.39 is 6.10 Å². The molecule has 2 unspecified atom stereocenters. The normalized spacial score (nSPS) is 14.0. The summed E-state index contributed by atoms with van der Waals surface area (Å²) in [5.41, 5.74) is 5.99. The van der Waals surface area contributed by atoms with Crippen molar-refractivity contribution in [1.82, 2.24) is 0 Å². The number of para-hydroxylation sites is 2. The highest BCUT2D eigenvalue weighted by molar-refractivity contribution is 5.39. The van der Waals surface area contributed by atoms with Gasteiger partial charge >= 0.3 is 0 Å². The molecule has 0 fully saturated rings. The summed E-state index contributed by atoms with van der Waals surface area (Å²) in [5.74, 6) is 1.31. The largest absolute Gasteiger partial charge is 0.490 e. The number of hydrogen-bond donors (Lipinski definition) is 2. The Morgan fingerprint density at radius 1 is 1.22 bits per heavy atom. The Balaban J connectivity index is 2.74. The van der Waals surface area contributed by atoms with Gasteiger partial charge in [-0.1, -0.05) is 25.5 Å². The zero-order valence-electron chi connectivity index (χ0n) is 11.1. The first-order valence-corrected chi connectivity index (χ1v) is 6.47. The fraction of sp³-hybridized carbons (Fsp3) is 0.571. The third-order valence-corrected chi connectivity index (χ3v) is 2.71. The van der Waals surface area contributed by atoms with Crippen molar-refractivity contribution in [2.24, 2.45) is 5.73 Å². The van der Waals surface area contributed by atoms with Crippen LogP contribution in [0.5, 0.6) is 11.5 Å². The summed E-state index contributed by atoms with van der Waals surface area (Å²) in [6, 6.07) is 7.26. The molecule has 1 aromatic carbocycles. The second kappa shape index (κ2) is 7.95. The van der Waals surface area contributed by atoms with Crippen molar-refractivity contribution in [3.63, 3.8) is 0 Å². The molecule has 0 aliphatic carbocycles. The molecule has 102 valence electrons. The van der Waals surface area contributed by atoms with E-state index in [-0.39, 0.29) is 12.6 Å². The molecule has 0 aliphatic rings. The maximum absolute atomic E-state index is 9.36. The molecule has 0 aliphatic heterocycles. The number of ether oxygens (including phenoxy) is 2. The Kier molecular flexibility index (Phi) is 6.54. The maximum Gasteiger partial charge on any atom is 0.161 e. The summed E-state index contributed by atoms with van der Waals surface area (Å²) >= 11 is 0. The van der Waals surface area contributed by atoms with Crippen molar-refractivity contribution in [2.75, 3.05) is 13.2 Å². The molecule has 4 nitrogen and oxygen atoms in total. The van der Waals surface area contributed by atoms with E-state index in [1.807, 2.05) is 31.2 Å². The van der Waals surface area contributed by atoms with Crippen molar-refractivity contribution in [3.8, 4) is 11.5 Å². The van der Waals surface area contributed by atoms with E-state index in [9.17, 15) is 5.11 Å². The number of rotatable bonds is 8. The SMILES string of the molecule is CCCC(N)C(CO)Oc1ccccc1OCC. The van der Waals surface area contributed by atoms with E-state index in [4.69, 9.17) is 15.2 Å². The summed E-state index contributed by atoms with van der Waals surface area (Å²) in [4.78, 5) is 0. The number of hydrogen-bond acceptors (Lipinski definition) is 4. The Bertz CT molecular complexity index is 344. The molecule has 1 aromatic rings. The van der Waals surface area contributed by atoms with Crippen LogP contribution in [0.3, 0.4) is 0 Å². The minimum Gasteiger partial charge on any atom is -0.490 e. The fourth-order valence-electron chi connectivity index (χ4n) is 1.76. The first-order chi connectivity index (χ1) is 8.72. The molecule has 0 spiro atoms. The molecule has 0 heterocycles. The summed E-state index contributed by atoms with van der Waals surface area (Å²) in [5, 5.41) is 9.36. The van der Waals surface area contributed by atoms with Crippen molar-refractivity contribution in [1.29, 1.82) is 0 Å². The van der Waals surface area contributed by atoms with Gasteiger partial charge in [0.1, 0.15) is 6.10 Å². The molecule has 1 rings (SSSR count). The molecule has 0 saturated heterocycles. The monoisotopic (exact) mass is 253 g/mol. The number of benzene rings is 1. The zero-order valence-corrected chi connectivity index (χ0v) is 11.1. The van der Waals surface area contributed by atoms with Crippen molar-refractivity contribution >= 4 is 0 Å². The van der Waals surface area contributed by atoms with Crippen LogP contribution in [0.25, 0.3) is 0 Å². The molecule has 0 aromatic heterocycles. The predicted octanol–water partition coefficient (Wildman–Crippen LogP) is 1.95. The molecule has 0 bridgehead atoms. The van der Waals surface area contributed by atoms with Crippen molar-refractivity contribution in [2.45, 2.75) is 38.8 Å². The summed E-state index contributed by atoms with van der Waals surface area (Å²) in [6.07, 6.45) is 1.39. The van der Waals surface area contributed by atoms with Gasteiger partial charge in [0.2, 0.25) is 0 Å². The number of aliphatic hydroxyl groups excluding tert-OH is 1. The Labute approximate surface area is 109 Å². The fourth-order valence-corrected chi connectivity index (χ4v) is 1.76. The van der Waals surface area contributed by atoms with Gasteiger partial charge in [-0.25, -0.2) is 0 Å². The number of aliphatic hydroxyl groups is 1. The van der Waals surface area contributed by atoms with Crippen LogP contribution in [0.4, 0.5) is 0 Å². The lowest BCUT2D eigenvalue weighted by Crippen LogP contribution is -2.41. The second-order valence-electron chi connectivity index (χ2n) is 4.17. The summed E-state index contributed by atoms with van der Waals surface area (Å²) in [7, 11) is 0. The average molecular weight is 253 g/mol. The quantitative estimate of drug-likeness (QED) is 0.743. The van der Waals surface area contributed by atoms with Gasteiger partial charge in [-0.2, -0.15) is 0 Å². The Hall–Kier alpha value is -1.26. The summed E-state index contributed by atoms with van der Waals surface area (Å²) in [6.45, 7) is 4.46. The highest BCUT2D eigenvalue weighted by atomic mass is 16.5. The molecule has 18 heavy (non-hydrogen) atoms. The van der Waals surface area contributed by atoms with Gasteiger partial charge in [0.15, 0.2) is 11.5 Å². The van der Waals surface area contributed by atoms with E-state index in [1.54, 1.807) is 0 Å². The number of nitrogens with two attached hydrogens (primary N) is 1. The minimum absolute atomic E-state index is 0.0956. The molecular formula is C14H23NO3. The van der Waals surface area contributed by atoms with Gasteiger partial charge in [0, 0.05) is 6.04 Å². The van der Waals surface area contributed by atoms with Gasteiger partial charge in [0.25, 0.3) is 0 Å². The van der Waals surface area contributed by atoms with E-state index >= 15 is 0 Å². The Morgan fingerprint density at radius 3 is 2.44 bits per heavy atom. The third-order valence-electron chi connectivity index (χ3n) is 2.71. The third kappa shape index (κ3) is 4.20. The molecule has 0 radical (unpaired) electrons. The minimum atomic E-state index is -0.397. The van der Waals surface area contributed by atoms with Crippen LogP contribution in [0, 0.1) is 0 Å². The molecular weight excluding hydrogens is 230 g/mol. The van der Waals surface area contributed by atoms with Crippen LogP contribution in [0.15, 0.2) is 24.3 Å². The van der Waals surface area contributed by atoms with Crippen LogP contribution < -0.4 is 15.2 Å². The van der Waals surface area contributed by atoms with Crippen LogP contribution in [-0.4, -0.2) is 30.5 Å². The molecule has 3 N–H and O–H groups in total. The van der Waals surface area contributed by atoms with Crippen LogP contribution >= 0.6 is 0 Å². The molecule has 0 amide bonds. The van der Waals surface area contributed by atoms with Crippen molar-refractivity contribution in [3.05, 3.63) is 24.3 Å². The van der Waals surface area contributed by atoms with E-state index in [1.165, 1.54) is 0 Å². The average Bonchev–Trinajstić information content (AvgIpc) is 2.38. The van der Waals surface area contributed by atoms with Crippen LogP contribution in [0.1, 0.15) is 26.7 Å². The van der Waals surface area contributed by atoms with Gasteiger partial charge in [-0.15, -0.1) is 0 Å².